The lowest BCUT2D eigenvalue weighted by Crippen LogP contribution is -2.36. The van der Waals surface area contributed by atoms with Crippen LogP contribution in [0.4, 0.5) is 0 Å². The van der Waals surface area contributed by atoms with Gasteiger partial charge in [-0.1, -0.05) is 24.3 Å². The van der Waals surface area contributed by atoms with E-state index in [0.717, 1.165) is 30.7 Å². The van der Waals surface area contributed by atoms with Crippen LogP contribution in [0.1, 0.15) is 19.0 Å². The van der Waals surface area contributed by atoms with Gasteiger partial charge in [-0.3, -0.25) is 4.98 Å². The van der Waals surface area contributed by atoms with Gasteiger partial charge in [-0.15, -0.1) is 0 Å². The highest BCUT2D eigenvalue weighted by atomic mass is 16.5. The summed E-state index contributed by atoms with van der Waals surface area (Å²) in [5.41, 5.74) is 2.23. The summed E-state index contributed by atoms with van der Waals surface area (Å²) in [6.07, 6.45) is 2.49. The first-order valence-corrected chi connectivity index (χ1v) is 7.40. The zero-order chi connectivity index (χ0) is 13.9. The molecule has 0 spiro atoms. The molecule has 2 aromatic rings. The Morgan fingerprint density at radius 2 is 2.15 bits per heavy atom. The van der Waals surface area contributed by atoms with Crippen molar-refractivity contribution in [3.63, 3.8) is 0 Å². The first-order valence-electron chi connectivity index (χ1n) is 7.40. The lowest BCUT2D eigenvalue weighted by atomic mass is 9.93. The number of benzene rings is 1. The maximum absolute atomic E-state index is 5.70. The van der Waals surface area contributed by atoms with Crippen LogP contribution in [-0.4, -0.2) is 30.8 Å². The number of aromatic nitrogens is 1. The van der Waals surface area contributed by atoms with Crippen molar-refractivity contribution in [3.8, 4) is 0 Å². The predicted molar refractivity (Wildman–Crippen MR) is 81.8 cm³/mol. The fourth-order valence-corrected chi connectivity index (χ4v) is 3.08. The van der Waals surface area contributed by atoms with Gasteiger partial charge in [-0.05, 0) is 32.5 Å². The monoisotopic (exact) mass is 270 g/mol. The van der Waals surface area contributed by atoms with E-state index < -0.39 is 0 Å². The van der Waals surface area contributed by atoms with Crippen LogP contribution in [0.2, 0.25) is 0 Å². The van der Waals surface area contributed by atoms with E-state index >= 15 is 0 Å². The van der Waals surface area contributed by atoms with Gasteiger partial charge in [0, 0.05) is 29.5 Å². The molecule has 1 N–H and O–H groups in total. The molecule has 3 unspecified atom stereocenters. The Balaban J connectivity index is 1.76. The quantitative estimate of drug-likeness (QED) is 0.927. The zero-order valence-corrected chi connectivity index (χ0v) is 12.2. The summed E-state index contributed by atoms with van der Waals surface area (Å²) >= 11 is 0. The second kappa shape index (κ2) is 5.90. The Morgan fingerprint density at radius 3 is 2.90 bits per heavy atom. The smallest absolute Gasteiger partial charge is 0.0705 e. The van der Waals surface area contributed by atoms with E-state index in [1.165, 1.54) is 5.39 Å². The molecule has 0 bridgehead atoms. The average molecular weight is 270 g/mol. The van der Waals surface area contributed by atoms with E-state index in [0.29, 0.717) is 18.1 Å². The molecule has 106 valence electrons. The molecule has 0 saturated carbocycles. The third kappa shape index (κ3) is 2.84. The van der Waals surface area contributed by atoms with Gasteiger partial charge in [0.2, 0.25) is 0 Å². The van der Waals surface area contributed by atoms with Crippen molar-refractivity contribution in [2.75, 3.05) is 13.7 Å². The molecule has 2 heterocycles. The Morgan fingerprint density at radius 1 is 1.30 bits per heavy atom. The molecule has 1 saturated heterocycles. The largest absolute Gasteiger partial charge is 0.378 e. The number of nitrogens with one attached hydrogen (secondary N) is 1. The standard InChI is InChI=1S/C17H22N2O/c1-12-9-14(11-20-12)17(18-2)10-15-8-7-13-5-3-4-6-16(13)19-15/h3-8,12,14,17-18H,9-11H2,1-2H3. The van der Waals surface area contributed by atoms with Crippen molar-refractivity contribution in [3.05, 3.63) is 42.1 Å². The summed E-state index contributed by atoms with van der Waals surface area (Å²) < 4.78 is 5.70. The van der Waals surface area contributed by atoms with Gasteiger partial charge < -0.3 is 10.1 Å². The topological polar surface area (TPSA) is 34.2 Å². The van der Waals surface area contributed by atoms with Crippen molar-refractivity contribution in [1.82, 2.24) is 10.3 Å². The first-order chi connectivity index (χ1) is 9.76. The van der Waals surface area contributed by atoms with Crippen LogP contribution >= 0.6 is 0 Å². The van der Waals surface area contributed by atoms with Gasteiger partial charge in [0.25, 0.3) is 0 Å². The molecular weight excluding hydrogens is 248 g/mol. The van der Waals surface area contributed by atoms with Gasteiger partial charge in [0.05, 0.1) is 18.2 Å². The van der Waals surface area contributed by atoms with Crippen LogP contribution in [0.3, 0.4) is 0 Å². The van der Waals surface area contributed by atoms with Gasteiger partial charge >= 0.3 is 0 Å². The fraction of sp³-hybridized carbons (Fsp3) is 0.471. The summed E-state index contributed by atoms with van der Waals surface area (Å²) in [4.78, 5) is 4.77. The third-order valence-electron chi connectivity index (χ3n) is 4.25. The van der Waals surface area contributed by atoms with Crippen LogP contribution in [0.5, 0.6) is 0 Å². The molecule has 0 amide bonds. The van der Waals surface area contributed by atoms with Crippen LogP contribution in [0.15, 0.2) is 36.4 Å². The number of ether oxygens (including phenoxy) is 1. The van der Waals surface area contributed by atoms with E-state index in [2.05, 4.69) is 42.6 Å². The molecule has 1 aromatic carbocycles. The molecule has 3 heteroatoms. The minimum absolute atomic E-state index is 0.389. The van der Waals surface area contributed by atoms with Crippen molar-refractivity contribution < 1.29 is 4.74 Å². The molecule has 3 nitrogen and oxygen atoms in total. The summed E-state index contributed by atoms with van der Waals surface area (Å²) in [5.74, 6) is 0.586. The summed E-state index contributed by atoms with van der Waals surface area (Å²) in [6.45, 7) is 3.02. The van der Waals surface area contributed by atoms with E-state index in [-0.39, 0.29) is 0 Å². The SMILES string of the molecule is CNC(Cc1ccc2ccccc2n1)C1COC(C)C1. The Kier molecular flexibility index (Phi) is 3.99. The van der Waals surface area contributed by atoms with E-state index in [1.54, 1.807) is 0 Å². The summed E-state index contributed by atoms with van der Waals surface area (Å²) in [6, 6.07) is 13.0. The molecular formula is C17H22N2O. The molecule has 0 radical (unpaired) electrons. The van der Waals surface area contributed by atoms with Crippen LogP contribution < -0.4 is 5.32 Å². The molecule has 1 aromatic heterocycles. The number of likely N-dealkylation sites (N-methyl/N-ethyl adjacent to an activating group) is 1. The van der Waals surface area contributed by atoms with Gasteiger partial charge in [-0.25, -0.2) is 0 Å². The first kappa shape index (κ1) is 13.5. The van der Waals surface area contributed by atoms with Crippen LogP contribution in [-0.2, 0) is 11.2 Å². The number of pyridine rings is 1. The highest BCUT2D eigenvalue weighted by Gasteiger charge is 2.28. The van der Waals surface area contributed by atoms with Crippen LogP contribution in [0, 0.1) is 5.92 Å². The Hall–Kier alpha value is -1.45. The normalized spacial score (nSPS) is 24.1. The molecule has 1 aliphatic heterocycles. The lowest BCUT2D eigenvalue weighted by molar-refractivity contribution is 0.117. The zero-order valence-electron chi connectivity index (χ0n) is 12.2. The minimum Gasteiger partial charge on any atom is -0.378 e. The van der Waals surface area contributed by atoms with Gasteiger partial charge in [-0.2, -0.15) is 0 Å². The molecule has 3 rings (SSSR count). The maximum atomic E-state index is 5.70. The molecule has 0 aliphatic carbocycles. The number of para-hydroxylation sites is 1. The number of hydrogen-bond donors (Lipinski definition) is 1. The van der Waals surface area contributed by atoms with E-state index in [9.17, 15) is 0 Å². The van der Waals surface area contributed by atoms with Gasteiger partial charge in [0.15, 0.2) is 0 Å². The Labute approximate surface area is 120 Å². The summed E-state index contributed by atoms with van der Waals surface area (Å²) in [7, 11) is 2.04. The van der Waals surface area contributed by atoms with E-state index in [4.69, 9.17) is 9.72 Å². The van der Waals surface area contributed by atoms with Crippen molar-refractivity contribution >= 4 is 10.9 Å². The molecule has 20 heavy (non-hydrogen) atoms. The minimum atomic E-state index is 0.389. The molecule has 1 aliphatic rings. The fourth-order valence-electron chi connectivity index (χ4n) is 3.08. The maximum Gasteiger partial charge on any atom is 0.0705 e. The number of rotatable bonds is 4. The van der Waals surface area contributed by atoms with Gasteiger partial charge in [0.1, 0.15) is 0 Å². The predicted octanol–water partition coefficient (Wildman–Crippen LogP) is 2.79. The molecule has 3 atom stereocenters. The second-order valence-corrected chi connectivity index (χ2v) is 5.73. The Bertz CT molecular complexity index is 584. The molecule has 1 fully saturated rings. The van der Waals surface area contributed by atoms with Crippen molar-refractivity contribution in [2.45, 2.75) is 31.9 Å². The highest BCUT2D eigenvalue weighted by molar-refractivity contribution is 5.78. The number of hydrogen-bond acceptors (Lipinski definition) is 3. The summed E-state index contributed by atoms with van der Waals surface area (Å²) in [5, 5.41) is 4.64. The number of nitrogens with zero attached hydrogens (tertiary/aromatic N) is 1. The third-order valence-corrected chi connectivity index (χ3v) is 4.25. The van der Waals surface area contributed by atoms with E-state index in [1.807, 2.05) is 13.1 Å². The lowest BCUT2D eigenvalue weighted by Gasteiger charge is -2.21. The average Bonchev–Trinajstić information content (AvgIpc) is 2.91. The van der Waals surface area contributed by atoms with Crippen molar-refractivity contribution in [2.24, 2.45) is 5.92 Å². The second-order valence-electron chi connectivity index (χ2n) is 5.73. The number of fused-ring (bicyclic) bond motifs is 1. The van der Waals surface area contributed by atoms with Crippen molar-refractivity contribution in [1.29, 1.82) is 0 Å². The highest BCUT2D eigenvalue weighted by Crippen LogP contribution is 2.24. The van der Waals surface area contributed by atoms with Crippen LogP contribution in [0.25, 0.3) is 10.9 Å².